The number of benzene rings is 2. The van der Waals surface area contributed by atoms with Crippen molar-refractivity contribution in [3.63, 3.8) is 0 Å². The molecule has 1 saturated heterocycles. The number of aryl methyl sites for hydroxylation is 1. The molecule has 1 fully saturated rings. The van der Waals surface area contributed by atoms with E-state index >= 15 is 0 Å². The minimum absolute atomic E-state index is 0.0498. The van der Waals surface area contributed by atoms with E-state index in [9.17, 15) is 9.59 Å². The number of hydrogen-bond donors (Lipinski definition) is 1. The Bertz CT molecular complexity index is 1390. The molecule has 1 atom stereocenters. The van der Waals surface area contributed by atoms with E-state index in [1.54, 1.807) is 12.3 Å². The normalized spacial score (nSPS) is 19.2. The minimum atomic E-state index is -0.366. The third kappa shape index (κ3) is 6.23. The standard InChI is InChI=1S/C30H35Cl3N4O2/c1-30(2,3)17-37-16-24-19(12-26(33)28-23(24)15-34-35-28)4-5-20(29(37)39)13-27(38)36-10-8-18(9-11-36)22-7-6-21(31)14-25(22)32/h6-7,12,14-15,18,20H,4-5,8-11,13,16-17H2,1-3H3,(H,34,35)/t20-/m0/s1. The van der Waals surface area contributed by atoms with Gasteiger partial charge in [0.1, 0.15) is 0 Å². The van der Waals surface area contributed by atoms with E-state index in [1.165, 1.54) is 0 Å². The largest absolute Gasteiger partial charge is 0.343 e. The fourth-order valence-electron chi connectivity index (χ4n) is 6.08. The van der Waals surface area contributed by atoms with Crippen LogP contribution in [-0.4, -0.2) is 51.4 Å². The quantitative estimate of drug-likeness (QED) is 0.348. The Kier molecular flexibility index (Phi) is 8.19. The van der Waals surface area contributed by atoms with Gasteiger partial charge >= 0.3 is 0 Å². The molecule has 1 aromatic heterocycles. The molecule has 39 heavy (non-hydrogen) atoms. The predicted molar refractivity (Wildman–Crippen MR) is 157 cm³/mol. The van der Waals surface area contributed by atoms with Gasteiger partial charge in [-0.3, -0.25) is 14.7 Å². The second-order valence-electron chi connectivity index (χ2n) is 12.2. The molecule has 0 bridgehead atoms. The molecule has 0 spiro atoms. The first-order chi connectivity index (χ1) is 18.5. The molecular weight excluding hydrogens is 555 g/mol. The van der Waals surface area contributed by atoms with Crippen molar-refractivity contribution in [2.45, 2.75) is 65.3 Å². The zero-order valence-corrected chi connectivity index (χ0v) is 25.0. The highest BCUT2D eigenvalue weighted by atomic mass is 35.5. The topological polar surface area (TPSA) is 69.3 Å². The van der Waals surface area contributed by atoms with Crippen molar-refractivity contribution in [2.24, 2.45) is 11.3 Å². The molecule has 3 heterocycles. The lowest BCUT2D eigenvalue weighted by Crippen LogP contribution is -2.44. The van der Waals surface area contributed by atoms with Crippen LogP contribution < -0.4 is 0 Å². The second kappa shape index (κ2) is 11.3. The van der Waals surface area contributed by atoms with Gasteiger partial charge in [-0.2, -0.15) is 5.10 Å². The predicted octanol–water partition coefficient (Wildman–Crippen LogP) is 7.26. The van der Waals surface area contributed by atoms with Gasteiger partial charge in [-0.05, 0) is 71.9 Å². The summed E-state index contributed by atoms with van der Waals surface area (Å²) < 4.78 is 0. The molecule has 2 aliphatic rings. The van der Waals surface area contributed by atoms with E-state index in [1.807, 2.05) is 28.0 Å². The van der Waals surface area contributed by atoms with Gasteiger partial charge in [-0.15, -0.1) is 0 Å². The molecule has 2 aromatic carbocycles. The van der Waals surface area contributed by atoms with Crippen LogP contribution in [0.1, 0.15) is 69.1 Å². The van der Waals surface area contributed by atoms with Gasteiger partial charge in [-0.25, -0.2) is 0 Å². The summed E-state index contributed by atoms with van der Waals surface area (Å²) in [7, 11) is 0. The smallest absolute Gasteiger partial charge is 0.226 e. The average molecular weight is 590 g/mol. The first kappa shape index (κ1) is 28.3. The van der Waals surface area contributed by atoms with Gasteiger partial charge in [0.2, 0.25) is 11.8 Å². The van der Waals surface area contributed by atoms with Crippen molar-refractivity contribution < 1.29 is 9.59 Å². The fraction of sp³-hybridized carbons (Fsp3) is 0.500. The molecule has 2 amide bonds. The number of nitrogens with one attached hydrogen (secondary N) is 1. The van der Waals surface area contributed by atoms with Crippen molar-refractivity contribution in [3.05, 3.63) is 62.2 Å². The molecule has 3 aromatic rings. The number of carbonyl (C=O) groups excluding carboxylic acids is 2. The lowest BCUT2D eigenvalue weighted by atomic mass is 9.86. The van der Waals surface area contributed by atoms with Crippen molar-refractivity contribution >= 4 is 57.5 Å². The van der Waals surface area contributed by atoms with E-state index < -0.39 is 0 Å². The SMILES string of the molecule is CC(C)(C)CN1Cc2c(cc(Cl)c3[nH]ncc23)CC[C@@H](CC(=O)N2CCC(c3ccc(Cl)cc3Cl)CC2)C1=O. The van der Waals surface area contributed by atoms with Crippen LogP contribution in [0.25, 0.3) is 10.9 Å². The van der Waals surface area contributed by atoms with E-state index in [2.05, 4.69) is 31.0 Å². The number of aromatic amines is 1. The lowest BCUT2D eigenvalue weighted by Gasteiger charge is -2.37. The van der Waals surface area contributed by atoms with E-state index in [-0.39, 0.29) is 29.6 Å². The monoisotopic (exact) mass is 588 g/mol. The highest BCUT2D eigenvalue weighted by Gasteiger charge is 2.34. The van der Waals surface area contributed by atoms with Gasteiger partial charge in [0, 0.05) is 53.9 Å². The Morgan fingerprint density at radius 2 is 1.82 bits per heavy atom. The lowest BCUT2D eigenvalue weighted by molar-refractivity contribution is -0.143. The van der Waals surface area contributed by atoms with Crippen LogP contribution in [0.2, 0.25) is 15.1 Å². The molecule has 0 radical (unpaired) electrons. The van der Waals surface area contributed by atoms with Gasteiger partial charge in [0.15, 0.2) is 0 Å². The highest BCUT2D eigenvalue weighted by Crippen LogP contribution is 2.36. The Labute approximate surface area is 245 Å². The van der Waals surface area contributed by atoms with Crippen LogP contribution in [0.4, 0.5) is 0 Å². The molecule has 1 N–H and O–H groups in total. The molecule has 5 rings (SSSR count). The molecule has 9 heteroatoms. The zero-order valence-electron chi connectivity index (χ0n) is 22.7. The van der Waals surface area contributed by atoms with Gasteiger partial charge < -0.3 is 9.80 Å². The summed E-state index contributed by atoms with van der Waals surface area (Å²) >= 11 is 19.1. The van der Waals surface area contributed by atoms with Crippen molar-refractivity contribution in [2.75, 3.05) is 19.6 Å². The number of carbonyl (C=O) groups is 2. The maximum Gasteiger partial charge on any atom is 0.226 e. The molecule has 0 unspecified atom stereocenters. The summed E-state index contributed by atoms with van der Waals surface area (Å²) in [4.78, 5) is 31.3. The van der Waals surface area contributed by atoms with Crippen LogP contribution in [0.3, 0.4) is 0 Å². The number of hydrogen-bond acceptors (Lipinski definition) is 3. The summed E-state index contributed by atoms with van der Waals surface area (Å²) in [5.41, 5.74) is 4.02. The number of piperidine rings is 1. The van der Waals surface area contributed by atoms with Crippen LogP contribution in [-0.2, 0) is 22.6 Å². The number of fused-ring (bicyclic) bond motifs is 3. The molecule has 6 nitrogen and oxygen atoms in total. The van der Waals surface area contributed by atoms with Crippen LogP contribution >= 0.6 is 34.8 Å². The van der Waals surface area contributed by atoms with Gasteiger partial charge in [0.25, 0.3) is 0 Å². The first-order valence-electron chi connectivity index (χ1n) is 13.6. The third-order valence-electron chi connectivity index (χ3n) is 8.00. The second-order valence-corrected chi connectivity index (χ2v) is 13.4. The number of amides is 2. The maximum atomic E-state index is 13.9. The molecule has 0 aliphatic carbocycles. The van der Waals surface area contributed by atoms with Crippen molar-refractivity contribution in [1.82, 2.24) is 20.0 Å². The maximum absolute atomic E-state index is 13.9. The van der Waals surface area contributed by atoms with Crippen LogP contribution in [0, 0.1) is 11.3 Å². The summed E-state index contributed by atoms with van der Waals surface area (Å²) in [6.45, 7) is 8.80. The highest BCUT2D eigenvalue weighted by molar-refractivity contribution is 6.35. The number of rotatable bonds is 4. The minimum Gasteiger partial charge on any atom is -0.343 e. The molecule has 0 saturated carbocycles. The summed E-state index contributed by atoms with van der Waals surface area (Å²) in [5.74, 6) is 0.0348. The number of nitrogens with zero attached hydrogens (tertiary/aromatic N) is 3. The Hall–Kier alpha value is -2.28. The molecular formula is C30H35Cl3N4O2. The summed E-state index contributed by atoms with van der Waals surface area (Å²) in [5, 5.41) is 10.1. The van der Waals surface area contributed by atoms with E-state index in [0.29, 0.717) is 60.0 Å². The first-order valence-corrected chi connectivity index (χ1v) is 14.8. The van der Waals surface area contributed by atoms with E-state index in [4.69, 9.17) is 34.8 Å². The van der Waals surface area contributed by atoms with Crippen molar-refractivity contribution in [3.8, 4) is 0 Å². The van der Waals surface area contributed by atoms with Crippen molar-refractivity contribution in [1.29, 1.82) is 0 Å². The Morgan fingerprint density at radius 1 is 1.08 bits per heavy atom. The van der Waals surface area contributed by atoms with Gasteiger partial charge in [-0.1, -0.05) is 61.6 Å². The molecule has 208 valence electrons. The van der Waals surface area contributed by atoms with E-state index in [0.717, 1.165) is 40.4 Å². The molecule has 2 aliphatic heterocycles. The third-order valence-corrected chi connectivity index (χ3v) is 8.86. The van der Waals surface area contributed by atoms with Crippen LogP contribution in [0.5, 0.6) is 0 Å². The Morgan fingerprint density at radius 3 is 2.51 bits per heavy atom. The Balaban J connectivity index is 1.32. The summed E-state index contributed by atoms with van der Waals surface area (Å²) in [6.07, 6.45) is 5.00. The van der Waals surface area contributed by atoms with Crippen LogP contribution in [0.15, 0.2) is 30.5 Å². The van der Waals surface area contributed by atoms with Gasteiger partial charge in [0.05, 0.1) is 16.7 Å². The number of aromatic nitrogens is 2. The number of H-pyrrole nitrogens is 1. The summed E-state index contributed by atoms with van der Waals surface area (Å²) in [6, 6.07) is 7.63. The average Bonchev–Trinajstić information content (AvgIpc) is 3.37. The fourth-order valence-corrected chi connectivity index (χ4v) is 6.92. The zero-order chi connectivity index (χ0) is 27.9. The number of likely N-dealkylation sites (tertiary alicyclic amines) is 1. The number of halogens is 3.